The molecule has 0 bridgehead atoms. The van der Waals surface area contributed by atoms with Crippen LogP contribution >= 0.6 is 0 Å². The molecule has 0 atom stereocenters. The molecule has 1 aromatic heterocycles. The van der Waals surface area contributed by atoms with Crippen LogP contribution in [0.1, 0.15) is 40.6 Å². The van der Waals surface area contributed by atoms with E-state index in [1.807, 2.05) is 0 Å². The Bertz CT molecular complexity index is 759. The molecule has 2 aromatic rings. The number of piperidine rings is 1. The minimum atomic E-state index is -0.495. The molecule has 7 heteroatoms. The second kappa shape index (κ2) is 8.23. The Kier molecular flexibility index (Phi) is 5.78. The lowest BCUT2D eigenvalue weighted by molar-refractivity contribution is 0.0998. The lowest BCUT2D eigenvalue weighted by atomic mass is 9.95. The highest BCUT2D eigenvalue weighted by Gasteiger charge is 2.23. The van der Waals surface area contributed by atoms with E-state index >= 15 is 0 Å². The van der Waals surface area contributed by atoms with Gasteiger partial charge in [0.1, 0.15) is 24.0 Å². The highest BCUT2D eigenvalue weighted by Crippen LogP contribution is 2.25. The van der Waals surface area contributed by atoms with Crippen molar-refractivity contribution in [3.63, 3.8) is 0 Å². The average molecular weight is 358 g/mol. The van der Waals surface area contributed by atoms with Crippen molar-refractivity contribution in [1.29, 1.82) is 0 Å². The SMILES string of the molecule is Cc1nc(C2CCN(CCOc3ccc(F)cc3)CC2)ncc1C(N)=O. The molecule has 1 saturated heterocycles. The van der Waals surface area contributed by atoms with Gasteiger partial charge in [0.2, 0.25) is 0 Å². The molecular weight excluding hydrogens is 335 g/mol. The topological polar surface area (TPSA) is 81.3 Å². The molecule has 0 unspecified atom stereocenters. The number of benzene rings is 1. The fraction of sp³-hybridized carbons (Fsp3) is 0.421. The van der Waals surface area contributed by atoms with Crippen molar-refractivity contribution >= 4 is 5.91 Å². The van der Waals surface area contributed by atoms with Gasteiger partial charge in [0.15, 0.2) is 0 Å². The van der Waals surface area contributed by atoms with Crippen LogP contribution in [0.4, 0.5) is 4.39 Å². The lowest BCUT2D eigenvalue weighted by Gasteiger charge is -2.31. The van der Waals surface area contributed by atoms with E-state index in [1.165, 1.54) is 18.3 Å². The van der Waals surface area contributed by atoms with E-state index in [-0.39, 0.29) is 5.82 Å². The van der Waals surface area contributed by atoms with Gasteiger partial charge in [-0.05, 0) is 57.1 Å². The number of hydrogen-bond donors (Lipinski definition) is 1. The van der Waals surface area contributed by atoms with Gasteiger partial charge < -0.3 is 10.5 Å². The van der Waals surface area contributed by atoms with Crippen LogP contribution in [-0.4, -0.2) is 47.0 Å². The molecular formula is C19H23FN4O2. The van der Waals surface area contributed by atoms with Gasteiger partial charge in [-0.25, -0.2) is 14.4 Å². The van der Waals surface area contributed by atoms with E-state index in [0.717, 1.165) is 38.3 Å². The number of aryl methyl sites for hydroxylation is 1. The number of rotatable bonds is 6. The summed E-state index contributed by atoms with van der Waals surface area (Å²) in [5, 5.41) is 0. The van der Waals surface area contributed by atoms with Gasteiger partial charge in [-0.3, -0.25) is 9.69 Å². The van der Waals surface area contributed by atoms with Crippen molar-refractivity contribution in [1.82, 2.24) is 14.9 Å². The van der Waals surface area contributed by atoms with E-state index in [4.69, 9.17) is 10.5 Å². The number of aromatic nitrogens is 2. The Balaban J connectivity index is 1.46. The molecule has 1 amide bonds. The maximum Gasteiger partial charge on any atom is 0.252 e. The maximum atomic E-state index is 12.9. The Hall–Kier alpha value is -2.54. The number of carbonyl (C=O) groups is 1. The van der Waals surface area contributed by atoms with Crippen LogP contribution in [-0.2, 0) is 0 Å². The Labute approximate surface area is 152 Å². The fourth-order valence-corrected chi connectivity index (χ4v) is 3.16. The van der Waals surface area contributed by atoms with Gasteiger partial charge in [-0.15, -0.1) is 0 Å². The number of nitrogens with zero attached hydrogens (tertiary/aromatic N) is 3. The molecule has 0 saturated carbocycles. The smallest absolute Gasteiger partial charge is 0.252 e. The van der Waals surface area contributed by atoms with E-state index in [2.05, 4.69) is 14.9 Å². The number of amides is 1. The number of carbonyl (C=O) groups excluding carboxylic acids is 1. The fourth-order valence-electron chi connectivity index (χ4n) is 3.16. The van der Waals surface area contributed by atoms with Crippen molar-refractivity contribution in [3.8, 4) is 5.75 Å². The molecule has 1 aliphatic rings. The summed E-state index contributed by atoms with van der Waals surface area (Å²) < 4.78 is 18.5. The minimum absolute atomic E-state index is 0.263. The minimum Gasteiger partial charge on any atom is -0.492 e. The van der Waals surface area contributed by atoms with Gasteiger partial charge in [0, 0.05) is 18.7 Å². The van der Waals surface area contributed by atoms with E-state index in [1.54, 1.807) is 19.1 Å². The Morgan fingerprint density at radius 2 is 2.00 bits per heavy atom. The van der Waals surface area contributed by atoms with Crippen molar-refractivity contribution in [2.45, 2.75) is 25.7 Å². The van der Waals surface area contributed by atoms with E-state index < -0.39 is 5.91 Å². The van der Waals surface area contributed by atoms with Gasteiger partial charge >= 0.3 is 0 Å². The summed E-state index contributed by atoms with van der Waals surface area (Å²) in [6, 6.07) is 6.06. The van der Waals surface area contributed by atoms with Crippen LogP contribution in [0, 0.1) is 12.7 Å². The lowest BCUT2D eigenvalue weighted by Crippen LogP contribution is -2.36. The summed E-state index contributed by atoms with van der Waals surface area (Å²) in [6.45, 7) is 5.06. The predicted octanol–water partition coefficient (Wildman–Crippen LogP) is 2.28. The largest absolute Gasteiger partial charge is 0.492 e. The first kappa shape index (κ1) is 18.3. The van der Waals surface area contributed by atoms with Crippen molar-refractivity contribution in [2.24, 2.45) is 5.73 Å². The first-order valence-electron chi connectivity index (χ1n) is 8.77. The van der Waals surface area contributed by atoms with E-state index in [0.29, 0.717) is 29.5 Å². The standard InChI is InChI=1S/C19H23FN4O2/c1-13-17(18(21)25)12-22-19(23-13)14-6-8-24(9-7-14)10-11-26-16-4-2-15(20)3-5-16/h2-5,12,14H,6-11H2,1H3,(H2,21,25). The summed E-state index contributed by atoms with van der Waals surface area (Å²) >= 11 is 0. The molecule has 0 radical (unpaired) electrons. The molecule has 6 nitrogen and oxygen atoms in total. The van der Waals surface area contributed by atoms with Crippen molar-refractivity contribution in [2.75, 3.05) is 26.2 Å². The first-order chi connectivity index (χ1) is 12.5. The van der Waals surface area contributed by atoms with Gasteiger partial charge in [0.25, 0.3) is 5.91 Å². The summed E-state index contributed by atoms with van der Waals surface area (Å²) in [6.07, 6.45) is 3.46. The van der Waals surface area contributed by atoms with E-state index in [9.17, 15) is 9.18 Å². The zero-order chi connectivity index (χ0) is 18.5. The normalized spacial score (nSPS) is 15.8. The Morgan fingerprint density at radius 3 is 2.62 bits per heavy atom. The zero-order valence-corrected chi connectivity index (χ0v) is 14.8. The highest BCUT2D eigenvalue weighted by atomic mass is 19.1. The van der Waals surface area contributed by atoms with Gasteiger partial charge in [-0.1, -0.05) is 0 Å². The monoisotopic (exact) mass is 358 g/mol. The molecule has 3 rings (SSSR count). The van der Waals surface area contributed by atoms with Crippen LogP contribution < -0.4 is 10.5 Å². The van der Waals surface area contributed by atoms with Crippen molar-refractivity contribution in [3.05, 3.63) is 53.4 Å². The number of ether oxygens (including phenoxy) is 1. The number of hydrogen-bond acceptors (Lipinski definition) is 5. The molecule has 1 aromatic carbocycles. The molecule has 1 fully saturated rings. The summed E-state index contributed by atoms with van der Waals surface area (Å²) in [5.74, 6) is 1.00. The third-order valence-corrected chi connectivity index (χ3v) is 4.71. The zero-order valence-electron chi connectivity index (χ0n) is 14.8. The number of likely N-dealkylation sites (tertiary alicyclic amines) is 1. The van der Waals surface area contributed by atoms with Crippen LogP contribution in [0.15, 0.2) is 30.5 Å². The predicted molar refractivity (Wildman–Crippen MR) is 95.6 cm³/mol. The van der Waals surface area contributed by atoms with Gasteiger partial charge in [-0.2, -0.15) is 0 Å². The quantitative estimate of drug-likeness (QED) is 0.857. The maximum absolute atomic E-state index is 12.9. The molecule has 138 valence electrons. The molecule has 1 aliphatic heterocycles. The third-order valence-electron chi connectivity index (χ3n) is 4.71. The summed E-state index contributed by atoms with van der Waals surface area (Å²) in [4.78, 5) is 22.4. The number of primary amides is 1. The molecule has 2 heterocycles. The molecule has 0 spiro atoms. The molecule has 26 heavy (non-hydrogen) atoms. The second-order valence-corrected chi connectivity index (χ2v) is 6.51. The number of nitrogens with two attached hydrogens (primary N) is 1. The van der Waals surface area contributed by atoms with Gasteiger partial charge in [0.05, 0.1) is 11.3 Å². The highest BCUT2D eigenvalue weighted by molar-refractivity contribution is 5.93. The first-order valence-corrected chi connectivity index (χ1v) is 8.77. The Morgan fingerprint density at radius 1 is 1.31 bits per heavy atom. The van der Waals surface area contributed by atoms with Crippen molar-refractivity contribution < 1.29 is 13.9 Å². The molecule has 0 aliphatic carbocycles. The van der Waals surface area contributed by atoms with Crippen LogP contribution in [0.5, 0.6) is 5.75 Å². The molecule has 2 N–H and O–H groups in total. The second-order valence-electron chi connectivity index (χ2n) is 6.51. The summed E-state index contributed by atoms with van der Waals surface area (Å²) in [5.41, 5.74) is 6.32. The third kappa shape index (κ3) is 4.54. The van der Waals surface area contributed by atoms with Crippen LogP contribution in [0.3, 0.4) is 0 Å². The summed E-state index contributed by atoms with van der Waals surface area (Å²) in [7, 11) is 0. The van der Waals surface area contributed by atoms with Crippen LogP contribution in [0.2, 0.25) is 0 Å². The van der Waals surface area contributed by atoms with Crippen LogP contribution in [0.25, 0.3) is 0 Å². The average Bonchev–Trinajstić information content (AvgIpc) is 2.63. The number of halogens is 1.